The van der Waals surface area contributed by atoms with Gasteiger partial charge >= 0.3 is 0 Å². The van der Waals surface area contributed by atoms with E-state index in [1.54, 1.807) is 18.3 Å². The summed E-state index contributed by atoms with van der Waals surface area (Å²) in [6, 6.07) is 10.3. The number of benzene rings is 1. The largest absolute Gasteiger partial charge is 0.279 e. The lowest BCUT2D eigenvalue weighted by Crippen LogP contribution is -2.11. The summed E-state index contributed by atoms with van der Waals surface area (Å²) in [7, 11) is -3.73. The van der Waals surface area contributed by atoms with Crippen LogP contribution in [0.2, 0.25) is 0 Å². The minimum Gasteiger partial charge on any atom is -0.279 e. The molecule has 0 saturated heterocycles. The number of hydrogen-bond donors (Lipinski definition) is 2. The lowest BCUT2D eigenvalue weighted by Gasteiger charge is -2.05. The normalized spacial score (nSPS) is 11.5. The average molecular weight is 323 g/mol. The lowest BCUT2D eigenvalue weighted by molar-refractivity contribution is 0.603. The van der Waals surface area contributed by atoms with Crippen LogP contribution in [0.5, 0.6) is 0 Å². The number of aromatic nitrogens is 2. The van der Waals surface area contributed by atoms with Gasteiger partial charge in [0.25, 0.3) is 10.0 Å². The number of halogens is 1. The summed E-state index contributed by atoms with van der Waals surface area (Å²) in [5.41, 5.74) is 0.929. The Bertz CT molecular complexity index is 857. The van der Waals surface area contributed by atoms with Gasteiger partial charge in [0.1, 0.15) is 10.0 Å². The van der Waals surface area contributed by atoms with Gasteiger partial charge in [-0.05, 0) is 36.4 Å². The summed E-state index contributed by atoms with van der Waals surface area (Å²) in [5.74, 6) is -0.500. The third-order valence-electron chi connectivity index (χ3n) is 2.69. The highest BCUT2D eigenvalue weighted by Gasteiger charge is 2.18. The molecule has 0 aliphatic carbocycles. The standard InChI is InChI=1S/C13H10FN3O2S2/c14-9-2-1-3-10(8-9)17-21(18,19)13-5-4-12(20-13)11-6-7-15-16-11/h1-8,17H,(H,15,16). The number of aromatic amines is 1. The van der Waals surface area contributed by atoms with E-state index in [9.17, 15) is 12.8 Å². The van der Waals surface area contributed by atoms with E-state index in [-0.39, 0.29) is 9.90 Å². The number of nitrogens with one attached hydrogen (secondary N) is 2. The average Bonchev–Trinajstić information content (AvgIpc) is 3.10. The molecule has 2 N–H and O–H groups in total. The summed E-state index contributed by atoms with van der Waals surface area (Å²) >= 11 is 1.11. The molecule has 2 aromatic heterocycles. The predicted octanol–water partition coefficient (Wildman–Crippen LogP) is 3.08. The Labute approximate surface area is 124 Å². The first-order valence-corrected chi connectivity index (χ1v) is 8.22. The van der Waals surface area contributed by atoms with E-state index < -0.39 is 15.8 Å². The number of rotatable bonds is 4. The number of H-pyrrole nitrogens is 1. The highest BCUT2D eigenvalue weighted by atomic mass is 32.2. The van der Waals surface area contributed by atoms with Crippen molar-refractivity contribution in [3.63, 3.8) is 0 Å². The summed E-state index contributed by atoms with van der Waals surface area (Å²) in [5, 5.41) is 6.59. The monoisotopic (exact) mass is 323 g/mol. The van der Waals surface area contributed by atoms with Gasteiger partial charge in [0, 0.05) is 6.20 Å². The Morgan fingerprint density at radius 2 is 2.05 bits per heavy atom. The Hall–Kier alpha value is -2.19. The van der Waals surface area contributed by atoms with E-state index in [0.717, 1.165) is 28.0 Å². The fraction of sp³-hybridized carbons (Fsp3) is 0. The molecule has 8 heteroatoms. The molecule has 5 nitrogen and oxygen atoms in total. The van der Waals surface area contributed by atoms with E-state index in [1.165, 1.54) is 24.3 Å². The molecule has 0 unspecified atom stereocenters. The zero-order chi connectivity index (χ0) is 14.9. The van der Waals surface area contributed by atoms with Crippen LogP contribution in [0, 0.1) is 5.82 Å². The molecule has 0 aliphatic heterocycles. The second kappa shape index (κ2) is 5.30. The maximum atomic E-state index is 13.1. The van der Waals surface area contributed by atoms with Crippen LogP contribution in [-0.4, -0.2) is 18.6 Å². The van der Waals surface area contributed by atoms with Crippen LogP contribution < -0.4 is 4.72 Å². The summed E-state index contributed by atoms with van der Waals surface area (Å²) in [4.78, 5) is 0.757. The van der Waals surface area contributed by atoms with Gasteiger partial charge < -0.3 is 0 Å². The van der Waals surface area contributed by atoms with Crippen molar-refractivity contribution >= 4 is 27.0 Å². The van der Waals surface area contributed by atoms with Crippen LogP contribution >= 0.6 is 11.3 Å². The Morgan fingerprint density at radius 1 is 1.19 bits per heavy atom. The van der Waals surface area contributed by atoms with Crippen molar-refractivity contribution in [1.82, 2.24) is 10.2 Å². The zero-order valence-electron chi connectivity index (χ0n) is 10.6. The quantitative estimate of drug-likeness (QED) is 0.775. The van der Waals surface area contributed by atoms with E-state index in [4.69, 9.17) is 0 Å². The molecule has 0 fully saturated rings. The molecule has 21 heavy (non-hydrogen) atoms. The Balaban J connectivity index is 1.89. The fourth-order valence-corrected chi connectivity index (χ4v) is 4.09. The van der Waals surface area contributed by atoms with Crippen LogP contribution in [0.25, 0.3) is 10.6 Å². The van der Waals surface area contributed by atoms with Crippen molar-refractivity contribution in [3.05, 3.63) is 54.5 Å². The zero-order valence-corrected chi connectivity index (χ0v) is 12.2. The molecule has 0 bridgehead atoms. The molecule has 0 atom stereocenters. The van der Waals surface area contributed by atoms with Crippen molar-refractivity contribution in [2.45, 2.75) is 4.21 Å². The highest BCUT2D eigenvalue weighted by Crippen LogP contribution is 2.30. The lowest BCUT2D eigenvalue weighted by atomic mass is 10.3. The number of hydrogen-bond acceptors (Lipinski definition) is 4. The predicted molar refractivity (Wildman–Crippen MR) is 79.1 cm³/mol. The van der Waals surface area contributed by atoms with E-state index >= 15 is 0 Å². The molecule has 0 amide bonds. The Morgan fingerprint density at radius 3 is 2.76 bits per heavy atom. The van der Waals surface area contributed by atoms with E-state index in [0.29, 0.717) is 0 Å². The van der Waals surface area contributed by atoms with Crippen LogP contribution in [0.3, 0.4) is 0 Å². The van der Waals surface area contributed by atoms with Crippen LogP contribution in [0.1, 0.15) is 0 Å². The minimum atomic E-state index is -3.73. The van der Waals surface area contributed by atoms with Gasteiger partial charge in [-0.1, -0.05) is 6.07 Å². The Kier molecular flexibility index (Phi) is 3.48. The summed E-state index contributed by atoms with van der Waals surface area (Å²) < 4.78 is 40.1. The van der Waals surface area contributed by atoms with Crippen molar-refractivity contribution < 1.29 is 12.8 Å². The van der Waals surface area contributed by atoms with Gasteiger partial charge in [-0.3, -0.25) is 9.82 Å². The first-order chi connectivity index (χ1) is 10.0. The van der Waals surface area contributed by atoms with Crippen molar-refractivity contribution in [3.8, 4) is 10.6 Å². The van der Waals surface area contributed by atoms with Gasteiger partial charge in [-0.15, -0.1) is 11.3 Å². The van der Waals surface area contributed by atoms with Gasteiger partial charge in [0.2, 0.25) is 0 Å². The molecule has 3 rings (SSSR count). The van der Waals surface area contributed by atoms with Gasteiger partial charge in [-0.2, -0.15) is 5.10 Å². The molecular weight excluding hydrogens is 313 g/mol. The molecule has 0 radical (unpaired) electrons. The first-order valence-electron chi connectivity index (χ1n) is 5.92. The highest BCUT2D eigenvalue weighted by molar-refractivity contribution is 7.94. The van der Waals surface area contributed by atoms with E-state index in [1.807, 2.05) is 0 Å². The molecule has 0 aliphatic rings. The molecule has 0 saturated carbocycles. The van der Waals surface area contributed by atoms with Crippen molar-refractivity contribution in [2.75, 3.05) is 4.72 Å². The maximum absolute atomic E-state index is 13.1. The van der Waals surface area contributed by atoms with Gasteiger partial charge in [0.15, 0.2) is 0 Å². The van der Waals surface area contributed by atoms with Crippen LogP contribution in [0.4, 0.5) is 10.1 Å². The second-order valence-electron chi connectivity index (χ2n) is 4.20. The molecule has 0 spiro atoms. The SMILES string of the molecule is O=S(=O)(Nc1cccc(F)c1)c1ccc(-c2ccn[nH]2)s1. The molecular formula is C13H10FN3O2S2. The van der Waals surface area contributed by atoms with E-state index in [2.05, 4.69) is 14.9 Å². The number of anilines is 1. The third-order valence-corrected chi connectivity index (χ3v) is 5.68. The second-order valence-corrected chi connectivity index (χ2v) is 7.20. The smallest absolute Gasteiger partial charge is 0.271 e. The minimum absolute atomic E-state index is 0.149. The first kappa shape index (κ1) is 13.8. The molecule has 3 aromatic rings. The third kappa shape index (κ3) is 2.96. The molecule has 108 valence electrons. The maximum Gasteiger partial charge on any atom is 0.271 e. The topological polar surface area (TPSA) is 74.8 Å². The van der Waals surface area contributed by atoms with Crippen LogP contribution in [0.15, 0.2) is 52.9 Å². The number of sulfonamides is 1. The molecule has 1 aromatic carbocycles. The van der Waals surface area contributed by atoms with Crippen LogP contribution in [-0.2, 0) is 10.0 Å². The number of nitrogens with zero attached hydrogens (tertiary/aromatic N) is 1. The van der Waals surface area contributed by atoms with Crippen molar-refractivity contribution in [1.29, 1.82) is 0 Å². The van der Waals surface area contributed by atoms with Gasteiger partial charge in [-0.25, -0.2) is 12.8 Å². The fourth-order valence-electron chi connectivity index (χ4n) is 1.76. The molecule has 2 heterocycles. The summed E-state index contributed by atoms with van der Waals surface area (Å²) in [6.45, 7) is 0. The van der Waals surface area contributed by atoms with Gasteiger partial charge in [0.05, 0.1) is 16.3 Å². The van der Waals surface area contributed by atoms with Crippen molar-refractivity contribution in [2.24, 2.45) is 0 Å². The number of thiophene rings is 1. The summed E-state index contributed by atoms with van der Waals surface area (Å²) in [6.07, 6.45) is 1.59.